The maximum absolute atomic E-state index is 12.6. The Kier molecular flexibility index (Phi) is 6.58. The van der Waals surface area contributed by atoms with E-state index in [-0.39, 0.29) is 5.56 Å². The second-order valence-electron chi connectivity index (χ2n) is 7.31. The summed E-state index contributed by atoms with van der Waals surface area (Å²) in [5.74, 6) is 1.49. The highest BCUT2D eigenvalue weighted by atomic mass is 32.2. The van der Waals surface area contributed by atoms with Crippen LogP contribution in [0, 0.1) is 6.92 Å². The van der Waals surface area contributed by atoms with Gasteiger partial charge in [-0.15, -0.1) is 0 Å². The highest BCUT2D eigenvalue weighted by molar-refractivity contribution is 7.91. The Balaban J connectivity index is 1.66. The average Bonchev–Trinajstić information content (AvgIpc) is 2.68. The Morgan fingerprint density at radius 2 is 1.53 bits per heavy atom. The van der Waals surface area contributed by atoms with Gasteiger partial charge in [0.05, 0.1) is 11.3 Å². The Hall–Kier alpha value is -3.34. The van der Waals surface area contributed by atoms with Gasteiger partial charge < -0.3 is 10.2 Å². The summed E-state index contributed by atoms with van der Waals surface area (Å²) in [5.41, 5.74) is 0.444. The lowest BCUT2D eigenvalue weighted by Gasteiger charge is -2.14. The first-order valence-electron chi connectivity index (χ1n) is 9.48. The monoisotopic (exact) mass is 465 g/mol. The van der Waals surface area contributed by atoms with Gasteiger partial charge in [-0.2, -0.15) is 13.2 Å². The number of hydrogen-bond acceptors (Lipinski definition) is 6. The van der Waals surface area contributed by atoms with Crippen molar-refractivity contribution in [2.45, 2.75) is 18.9 Å². The summed E-state index contributed by atoms with van der Waals surface area (Å²) < 4.78 is 65.2. The number of aromatic nitrogens is 2. The zero-order valence-electron chi connectivity index (χ0n) is 17.6. The zero-order valence-corrected chi connectivity index (χ0v) is 18.4. The van der Waals surface area contributed by atoms with Gasteiger partial charge in [0.25, 0.3) is 0 Å². The molecule has 0 saturated carbocycles. The number of benzene rings is 2. The number of anilines is 4. The van der Waals surface area contributed by atoms with E-state index in [4.69, 9.17) is 0 Å². The van der Waals surface area contributed by atoms with Crippen molar-refractivity contribution in [2.75, 3.05) is 29.0 Å². The molecule has 3 rings (SSSR count). The van der Waals surface area contributed by atoms with Crippen LogP contribution in [0.1, 0.15) is 17.0 Å². The largest absolute Gasteiger partial charge is 0.416 e. The van der Waals surface area contributed by atoms with Crippen molar-refractivity contribution < 1.29 is 21.6 Å². The number of halogens is 3. The molecule has 0 aliphatic carbocycles. The van der Waals surface area contributed by atoms with Gasteiger partial charge in [-0.25, -0.2) is 18.4 Å². The third-order valence-corrected chi connectivity index (χ3v) is 5.61. The molecule has 0 bridgehead atoms. The van der Waals surface area contributed by atoms with Crippen molar-refractivity contribution in [3.8, 4) is 0 Å². The van der Waals surface area contributed by atoms with Crippen LogP contribution in [0.5, 0.6) is 0 Å². The SMILES string of the molecule is Cc1nc(Nc2ccc(NS(=O)(=O)Cc3ccc(C(F)(F)F)cc3)cc2)cc(N(C)C)n1. The molecule has 0 unspecified atom stereocenters. The molecule has 0 spiro atoms. The summed E-state index contributed by atoms with van der Waals surface area (Å²) in [6.45, 7) is 1.78. The van der Waals surface area contributed by atoms with Crippen molar-refractivity contribution in [3.63, 3.8) is 0 Å². The highest BCUT2D eigenvalue weighted by Gasteiger charge is 2.30. The summed E-state index contributed by atoms with van der Waals surface area (Å²) >= 11 is 0. The molecule has 3 aromatic rings. The molecule has 0 radical (unpaired) electrons. The Morgan fingerprint density at radius 1 is 0.938 bits per heavy atom. The second kappa shape index (κ2) is 9.03. The van der Waals surface area contributed by atoms with Crippen molar-refractivity contribution in [1.82, 2.24) is 9.97 Å². The smallest absolute Gasteiger partial charge is 0.363 e. The maximum atomic E-state index is 12.6. The number of aryl methyl sites for hydroxylation is 1. The van der Waals surface area contributed by atoms with E-state index in [2.05, 4.69) is 20.0 Å². The standard InChI is InChI=1S/C21H22F3N5O2S/c1-14-25-19(12-20(26-14)29(2)3)27-17-8-10-18(11-9-17)28-32(30,31)13-15-4-6-16(7-5-15)21(22,23)24/h4-12,28H,13H2,1-3H3,(H,25,26,27). The third kappa shape index (κ3) is 6.33. The molecule has 0 amide bonds. The van der Waals surface area contributed by atoms with Crippen LogP contribution < -0.4 is 14.9 Å². The normalized spacial score (nSPS) is 11.8. The van der Waals surface area contributed by atoms with Crippen LogP contribution >= 0.6 is 0 Å². The van der Waals surface area contributed by atoms with E-state index in [1.54, 1.807) is 37.3 Å². The number of nitrogens with one attached hydrogen (secondary N) is 2. The molecule has 32 heavy (non-hydrogen) atoms. The van der Waals surface area contributed by atoms with E-state index >= 15 is 0 Å². The summed E-state index contributed by atoms with van der Waals surface area (Å²) in [7, 11) is -0.0620. The van der Waals surface area contributed by atoms with Gasteiger partial charge in [-0.05, 0) is 48.9 Å². The van der Waals surface area contributed by atoms with Gasteiger partial charge in [-0.3, -0.25) is 4.72 Å². The second-order valence-corrected chi connectivity index (χ2v) is 9.03. The Morgan fingerprint density at radius 3 is 2.09 bits per heavy atom. The summed E-state index contributed by atoms with van der Waals surface area (Å²) in [5, 5.41) is 3.14. The zero-order chi connectivity index (χ0) is 23.5. The summed E-state index contributed by atoms with van der Waals surface area (Å²) in [6, 6.07) is 12.3. The van der Waals surface area contributed by atoms with Crippen molar-refractivity contribution in [2.24, 2.45) is 0 Å². The lowest BCUT2D eigenvalue weighted by Crippen LogP contribution is -2.15. The van der Waals surface area contributed by atoms with Crippen LogP contribution in [0.3, 0.4) is 0 Å². The van der Waals surface area contributed by atoms with E-state index in [0.717, 1.165) is 30.1 Å². The van der Waals surface area contributed by atoms with Crippen LogP contribution in [-0.4, -0.2) is 32.5 Å². The first kappa shape index (κ1) is 23.3. The predicted octanol–water partition coefficient (Wildman–Crippen LogP) is 4.56. The van der Waals surface area contributed by atoms with Crippen molar-refractivity contribution in [3.05, 3.63) is 71.5 Å². The number of rotatable bonds is 7. The number of hydrogen-bond donors (Lipinski definition) is 2. The average molecular weight is 466 g/mol. The molecule has 7 nitrogen and oxygen atoms in total. The molecule has 0 saturated heterocycles. The highest BCUT2D eigenvalue weighted by Crippen LogP contribution is 2.29. The quantitative estimate of drug-likeness (QED) is 0.532. The molecule has 0 fully saturated rings. The fraction of sp³-hybridized carbons (Fsp3) is 0.238. The summed E-state index contributed by atoms with van der Waals surface area (Å²) in [4.78, 5) is 10.5. The van der Waals surface area contributed by atoms with Gasteiger partial charge in [-0.1, -0.05) is 12.1 Å². The molecule has 0 atom stereocenters. The van der Waals surface area contributed by atoms with E-state index in [0.29, 0.717) is 23.0 Å². The van der Waals surface area contributed by atoms with E-state index in [1.165, 1.54) is 0 Å². The van der Waals surface area contributed by atoms with Crippen molar-refractivity contribution >= 4 is 33.0 Å². The molecular formula is C21H22F3N5O2S. The molecular weight excluding hydrogens is 443 g/mol. The Labute approximate surface area is 184 Å². The fourth-order valence-electron chi connectivity index (χ4n) is 2.84. The predicted molar refractivity (Wildman–Crippen MR) is 119 cm³/mol. The van der Waals surface area contributed by atoms with E-state index < -0.39 is 27.5 Å². The Bertz CT molecular complexity index is 1180. The molecule has 1 aromatic heterocycles. The lowest BCUT2D eigenvalue weighted by atomic mass is 10.1. The minimum Gasteiger partial charge on any atom is -0.363 e. The van der Waals surface area contributed by atoms with Crippen LogP contribution in [0.25, 0.3) is 0 Å². The molecule has 170 valence electrons. The lowest BCUT2D eigenvalue weighted by molar-refractivity contribution is -0.137. The van der Waals surface area contributed by atoms with Gasteiger partial charge in [0.15, 0.2) is 0 Å². The van der Waals surface area contributed by atoms with Crippen LogP contribution in [0.15, 0.2) is 54.6 Å². The molecule has 2 aromatic carbocycles. The third-order valence-electron chi connectivity index (χ3n) is 4.35. The fourth-order valence-corrected chi connectivity index (χ4v) is 4.04. The maximum Gasteiger partial charge on any atom is 0.416 e. The van der Waals surface area contributed by atoms with Crippen molar-refractivity contribution in [1.29, 1.82) is 0 Å². The van der Waals surface area contributed by atoms with Crippen LogP contribution in [0.2, 0.25) is 0 Å². The number of sulfonamides is 1. The van der Waals surface area contributed by atoms with Crippen LogP contribution in [0.4, 0.5) is 36.2 Å². The number of alkyl halides is 3. The molecule has 0 aliphatic heterocycles. The molecule has 0 aliphatic rings. The summed E-state index contributed by atoms with van der Waals surface area (Å²) in [6.07, 6.45) is -4.47. The number of nitrogens with zero attached hydrogens (tertiary/aromatic N) is 3. The van der Waals surface area contributed by atoms with Gasteiger partial charge in [0.2, 0.25) is 10.0 Å². The van der Waals surface area contributed by atoms with Gasteiger partial charge >= 0.3 is 6.18 Å². The van der Waals surface area contributed by atoms with Crippen LogP contribution in [-0.2, 0) is 22.0 Å². The minimum absolute atomic E-state index is 0.250. The molecule has 2 N–H and O–H groups in total. The van der Waals surface area contributed by atoms with E-state index in [1.807, 2.05) is 19.0 Å². The first-order valence-corrected chi connectivity index (χ1v) is 11.1. The van der Waals surface area contributed by atoms with Gasteiger partial charge in [0.1, 0.15) is 17.5 Å². The van der Waals surface area contributed by atoms with Gasteiger partial charge in [0, 0.05) is 31.5 Å². The van der Waals surface area contributed by atoms with E-state index in [9.17, 15) is 21.6 Å². The molecule has 11 heteroatoms. The topological polar surface area (TPSA) is 87.2 Å². The molecule has 1 heterocycles. The first-order chi connectivity index (χ1) is 14.9. The minimum atomic E-state index is -4.47.